The van der Waals surface area contributed by atoms with E-state index in [0.29, 0.717) is 11.4 Å². The molecule has 21 heavy (non-hydrogen) atoms. The van der Waals surface area contributed by atoms with E-state index >= 15 is 0 Å². The Kier molecular flexibility index (Phi) is 4.41. The molecular formula is C14H17BrN2O4. The Labute approximate surface area is 131 Å². The summed E-state index contributed by atoms with van der Waals surface area (Å²) >= 11 is 3.33. The second kappa shape index (κ2) is 5.93. The fraction of sp³-hybridized carbons (Fsp3) is 0.429. The van der Waals surface area contributed by atoms with Gasteiger partial charge in [0.25, 0.3) is 5.91 Å². The molecule has 0 aliphatic carbocycles. The summed E-state index contributed by atoms with van der Waals surface area (Å²) in [5, 5.41) is 5.22. The second-order valence-electron chi connectivity index (χ2n) is 5.64. The van der Waals surface area contributed by atoms with Crippen LogP contribution in [0.1, 0.15) is 20.8 Å². The average Bonchev–Trinajstić information content (AvgIpc) is 2.47. The Morgan fingerprint density at radius 1 is 1.48 bits per heavy atom. The van der Waals surface area contributed by atoms with E-state index in [1.165, 1.54) is 0 Å². The van der Waals surface area contributed by atoms with Gasteiger partial charge in [-0.3, -0.25) is 4.79 Å². The van der Waals surface area contributed by atoms with Crippen LogP contribution in [0.15, 0.2) is 22.7 Å². The summed E-state index contributed by atoms with van der Waals surface area (Å²) in [4.78, 5) is 23.8. The summed E-state index contributed by atoms with van der Waals surface area (Å²) in [6, 6.07) is 4.48. The molecule has 1 heterocycles. The third-order valence-corrected chi connectivity index (χ3v) is 3.11. The first-order chi connectivity index (χ1) is 9.74. The number of hydrogen-bond donors (Lipinski definition) is 2. The van der Waals surface area contributed by atoms with Gasteiger partial charge in [0.05, 0.1) is 5.69 Å². The van der Waals surface area contributed by atoms with Crippen molar-refractivity contribution in [1.82, 2.24) is 5.32 Å². The van der Waals surface area contributed by atoms with Crippen LogP contribution in [-0.2, 0) is 9.53 Å². The summed E-state index contributed by atoms with van der Waals surface area (Å²) < 4.78 is 11.5. The van der Waals surface area contributed by atoms with Crippen LogP contribution in [0, 0.1) is 0 Å². The number of benzene rings is 1. The molecule has 0 radical (unpaired) electrons. The molecule has 114 valence electrons. The quantitative estimate of drug-likeness (QED) is 0.810. The predicted molar refractivity (Wildman–Crippen MR) is 81.4 cm³/mol. The Morgan fingerprint density at radius 2 is 2.19 bits per heavy atom. The summed E-state index contributed by atoms with van der Waals surface area (Å²) in [5.74, 6) is 0.206. The first kappa shape index (κ1) is 15.6. The third kappa shape index (κ3) is 4.35. The molecule has 0 bridgehead atoms. The van der Waals surface area contributed by atoms with E-state index in [0.717, 1.165) is 4.47 Å². The lowest BCUT2D eigenvalue weighted by Crippen LogP contribution is -2.48. The minimum atomic E-state index is -0.814. The lowest BCUT2D eigenvalue weighted by molar-refractivity contribution is -0.118. The van der Waals surface area contributed by atoms with Gasteiger partial charge in [0.15, 0.2) is 0 Å². The van der Waals surface area contributed by atoms with Crippen LogP contribution >= 0.6 is 15.9 Å². The molecule has 1 atom stereocenters. The molecule has 0 saturated heterocycles. The molecule has 0 spiro atoms. The molecular weight excluding hydrogens is 340 g/mol. The number of amides is 2. The van der Waals surface area contributed by atoms with E-state index in [2.05, 4.69) is 26.6 Å². The fourth-order valence-electron chi connectivity index (χ4n) is 1.75. The SMILES string of the molecule is CC(C)(C)OC(=O)N[C@H]1COc2ccc(Br)cc2NC1=O. The molecule has 0 aromatic heterocycles. The predicted octanol–water partition coefficient (Wildman–Crippen LogP) is 2.67. The number of halogens is 1. The van der Waals surface area contributed by atoms with E-state index in [9.17, 15) is 9.59 Å². The Bertz CT molecular complexity index is 569. The van der Waals surface area contributed by atoms with Gasteiger partial charge < -0.3 is 20.1 Å². The van der Waals surface area contributed by atoms with Gasteiger partial charge >= 0.3 is 6.09 Å². The molecule has 7 heteroatoms. The molecule has 0 unspecified atom stereocenters. The van der Waals surface area contributed by atoms with Gasteiger partial charge in [-0.25, -0.2) is 4.79 Å². The van der Waals surface area contributed by atoms with Gasteiger partial charge in [0, 0.05) is 4.47 Å². The number of carbonyl (C=O) groups excluding carboxylic acids is 2. The van der Waals surface area contributed by atoms with Crippen LogP contribution in [0.25, 0.3) is 0 Å². The number of anilines is 1. The van der Waals surface area contributed by atoms with Gasteiger partial charge in [-0.2, -0.15) is 0 Å². The average molecular weight is 357 g/mol. The van der Waals surface area contributed by atoms with Crippen LogP contribution in [0.2, 0.25) is 0 Å². The lowest BCUT2D eigenvalue weighted by Gasteiger charge is -2.22. The summed E-state index contributed by atoms with van der Waals surface area (Å²) in [6.45, 7) is 5.30. The van der Waals surface area contributed by atoms with Crippen molar-refractivity contribution in [1.29, 1.82) is 0 Å². The van der Waals surface area contributed by atoms with Crippen LogP contribution in [0.3, 0.4) is 0 Å². The highest BCUT2D eigenvalue weighted by molar-refractivity contribution is 9.10. The molecule has 2 amide bonds. The van der Waals surface area contributed by atoms with E-state index in [4.69, 9.17) is 9.47 Å². The third-order valence-electron chi connectivity index (χ3n) is 2.61. The highest BCUT2D eigenvalue weighted by Gasteiger charge is 2.28. The maximum Gasteiger partial charge on any atom is 0.408 e. The van der Waals surface area contributed by atoms with Gasteiger partial charge in [-0.05, 0) is 39.0 Å². The van der Waals surface area contributed by atoms with Gasteiger partial charge in [-0.1, -0.05) is 15.9 Å². The van der Waals surface area contributed by atoms with Crippen LogP contribution in [0.5, 0.6) is 5.75 Å². The van der Waals surface area contributed by atoms with Gasteiger partial charge in [0.1, 0.15) is 24.0 Å². The van der Waals surface area contributed by atoms with Crippen molar-refractivity contribution < 1.29 is 19.1 Å². The molecule has 6 nitrogen and oxygen atoms in total. The molecule has 0 saturated carbocycles. The molecule has 2 rings (SSSR count). The lowest BCUT2D eigenvalue weighted by atomic mass is 10.2. The van der Waals surface area contributed by atoms with Crippen molar-refractivity contribution in [2.45, 2.75) is 32.4 Å². The normalized spacial score (nSPS) is 17.9. The Morgan fingerprint density at radius 3 is 2.86 bits per heavy atom. The van der Waals surface area contributed by atoms with Gasteiger partial charge in [0.2, 0.25) is 0 Å². The van der Waals surface area contributed by atoms with Crippen LogP contribution < -0.4 is 15.4 Å². The zero-order chi connectivity index (χ0) is 15.6. The monoisotopic (exact) mass is 356 g/mol. The number of nitrogens with one attached hydrogen (secondary N) is 2. The second-order valence-corrected chi connectivity index (χ2v) is 6.56. The topological polar surface area (TPSA) is 76.7 Å². The Balaban J connectivity index is 2.05. The largest absolute Gasteiger partial charge is 0.489 e. The van der Waals surface area contributed by atoms with E-state index < -0.39 is 17.7 Å². The first-order valence-electron chi connectivity index (χ1n) is 6.47. The fourth-order valence-corrected chi connectivity index (χ4v) is 2.11. The summed E-state index contributed by atoms with van der Waals surface area (Å²) in [6.07, 6.45) is -0.654. The van der Waals surface area contributed by atoms with Crippen molar-refractivity contribution in [2.24, 2.45) is 0 Å². The number of rotatable bonds is 1. The van der Waals surface area contributed by atoms with Crippen molar-refractivity contribution in [3.05, 3.63) is 22.7 Å². The van der Waals surface area contributed by atoms with Crippen molar-refractivity contribution in [2.75, 3.05) is 11.9 Å². The first-order valence-corrected chi connectivity index (χ1v) is 7.26. The Hall–Kier alpha value is -1.76. The summed E-state index contributed by atoms with van der Waals surface area (Å²) in [7, 11) is 0. The molecule has 0 fully saturated rings. The molecule has 1 aromatic rings. The van der Waals surface area contributed by atoms with Gasteiger partial charge in [-0.15, -0.1) is 0 Å². The van der Waals surface area contributed by atoms with Crippen LogP contribution in [-0.4, -0.2) is 30.3 Å². The molecule has 2 N–H and O–H groups in total. The molecule has 1 aliphatic rings. The maximum atomic E-state index is 12.1. The number of carbonyl (C=O) groups is 2. The van der Waals surface area contributed by atoms with Crippen molar-refractivity contribution in [3.63, 3.8) is 0 Å². The zero-order valence-electron chi connectivity index (χ0n) is 12.0. The molecule has 1 aromatic carbocycles. The van der Waals surface area contributed by atoms with E-state index in [1.54, 1.807) is 32.9 Å². The number of alkyl carbamates (subject to hydrolysis) is 1. The smallest absolute Gasteiger partial charge is 0.408 e. The number of hydrogen-bond acceptors (Lipinski definition) is 4. The highest BCUT2D eigenvalue weighted by Crippen LogP contribution is 2.30. The van der Waals surface area contributed by atoms with Crippen molar-refractivity contribution in [3.8, 4) is 5.75 Å². The van der Waals surface area contributed by atoms with Crippen LogP contribution in [0.4, 0.5) is 10.5 Å². The standard InChI is InChI=1S/C14H17BrN2O4/c1-14(2,3)21-13(19)17-10-7-20-11-5-4-8(15)6-9(11)16-12(10)18/h4-6,10H,7H2,1-3H3,(H,16,18)(H,17,19)/t10-/m0/s1. The van der Waals surface area contributed by atoms with E-state index in [-0.39, 0.29) is 12.5 Å². The van der Waals surface area contributed by atoms with Crippen molar-refractivity contribution >= 4 is 33.6 Å². The number of fused-ring (bicyclic) bond motifs is 1. The summed E-state index contributed by atoms with van der Waals surface area (Å²) in [5.41, 5.74) is -0.0668. The molecule has 1 aliphatic heterocycles. The maximum absolute atomic E-state index is 12.1. The minimum absolute atomic E-state index is 0.0414. The van der Waals surface area contributed by atoms with E-state index in [1.807, 2.05) is 6.07 Å². The highest BCUT2D eigenvalue weighted by atomic mass is 79.9. The number of ether oxygens (including phenoxy) is 2. The zero-order valence-corrected chi connectivity index (χ0v) is 13.6. The minimum Gasteiger partial charge on any atom is -0.489 e.